The third-order valence-electron chi connectivity index (χ3n) is 5.43. The van der Waals surface area contributed by atoms with Crippen LogP contribution in [0.5, 0.6) is 5.75 Å². The van der Waals surface area contributed by atoms with Gasteiger partial charge in [0.2, 0.25) is 0 Å². The number of carbonyl (C=O) groups is 1. The molecule has 1 fully saturated rings. The smallest absolute Gasteiger partial charge is 0.416 e. The number of ketones is 1. The lowest BCUT2D eigenvalue weighted by molar-refractivity contribution is -0.137. The maximum atomic E-state index is 13.0. The van der Waals surface area contributed by atoms with E-state index in [1.807, 2.05) is 18.2 Å². The van der Waals surface area contributed by atoms with E-state index in [1.54, 1.807) is 0 Å². The minimum Gasteiger partial charge on any atom is -0.486 e. The van der Waals surface area contributed by atoms with Crippen LogP contribution in [0.4, 0.5) is 13.2 Å². The van der Waals surface area contributed by atoms with Crippen LogP contribution in [-0.4, -0.2) is 29.4 Å². The number of carbonyl (C=O) groups excluding carboxylic acids is 1. The number of Topliss-reactive ketones (excluding diaryl/α,β-unsaturated/α-hetero) is 1. The Morgan fingerprint density at radius 3 is 2.41 bits per heavy atom. The summed E-state index contributed by atoms with van der Waals surface area (Å²) in [6, 6.07) is 13.3. The fourth-order valence-electron chi connectivity index (χ4n) is 3.91. The number of hydrogen-bond acceptors (Lipinski definition) is 3. The highest BCUT2D eigenvalue weighted by Gasteiger charge is 2.43. The van der Waals surface area contributed by atoms with Crippen molar-refractivity contribution in [2.24, 2.45) is 0 Å². The average Bonchev–Trinajstić information content (AvgIpc) is 2.63. The van der Waals surface area contributed by atoms with E-state index in [-0.39, 0.29) is 23.5 Å². The van der Waals surface area contributed by atoms with Gasteiger partial charge in [0.15, 0.2) is 5.78 Å². The van der Waals surface area contributed by atoms with Crippen molar-refractivity contribution < 1.29 is 22.7 Å². The zero-order chi connectivity index (χ0) is 19.1. The molecule has 0 atom stereocenters. The molecule has 0 aliphatic carbocycles. The molecule has 142 valence electrons. The molecular formula is C21H20F3NO2. The summed E-state index contributed by atoms with van der Waals surface area (Å²) in [7, 11) is 0. The Bertz CT molecular complexity index is 840. The molecule has 2 aliphatic rings. The van der Waals surface area contributed by atoms with Gasteiger partial charge in [0.1, 0.15) is 11.4 Å². The van der Waals surface area contributed by atoms with E-state index in [1.165, 1.54) is 11.6 Å². The van der Waals surface area contributed by atoms with Gasteiger partial charge >= 0.3 is 6.18 Å². The third-order valence-corrected chi connectivity index (χ3v) is 5.43. The van der Waals surface area contributed by atoms with Gasteiger partial charge in [0.25, 0.3) is 0 Å². The molecular weight excluding hydrogens is 355 g/mol. The maximum Gasteiger partial charge on any atom is 0.416 e. The Hall–Kier alpha value is -2.34. The second kappa shape index (κ2) is 6.68. The Morgan fingerprint density at radius 1 is 1.04 bits per heavy atom. The van der Waals surface area contributed by atoms with Crippen LogP contribution in [-0.2, 0) is 12.7 Å². The molecule has 27 heavy (non-hydrogen) atoms. The average molecular weight is 375 g/mol. The highest BCUT2D eigenvalue weighted by molar-refractivity contribution is 6.00. The zero-order valence-corrected chi connectivity index (χ0v) is 14.8. The Kier molecular flexibility index (Phi) is 4.46. The van der Waals surface area contributed by atoms with Crippen LogP contribution < -0.4 is 4.74 Å². The molecule has 3 nitrogen and oxygen atoms in total. The van der Waals surface area contributed by atoms with E-state index in [0.717, 1.165) is 31.8 Å². The summed E-state index contributed by atoms with van der Waals surface area (Å²) in [6.07, 6.45) is -2.97. The summed E-state index contributed by atoms with van der Waals surface area (Å²) in [5, 5.41) is 0. The van der Waals surface area contributed by atoms with Crippen molar-refractivity contribution in [3.8, 4) is 5.75 Å². The number of halogens is 3. The topological polar surface area (TPSA) is 29.5 Å². The summed E-state index contributed by atoms with van der Waals surface area (Å²) in [6.45, 7) is 2.31. The summed E-state index contributed by atoms with van der Waals surface area (Å²) < 4.78 is 45.0. The minimum atomic E-state index is -4.45. The molecule has 0 radical (unpaired) electrons. The molecule has 0 saturated carbocycles. The SMILES string of the molecule is O=C1CC2(CCN(Cc3ccccc3)CC2)Oc2cc(C(F)(F)F)ccc21. The highest BCUT2D eigenvalue weighted by atomic mass is 19.4. The first-order chi connectivity index (χ1) is 12.8. The number of fused-ring (bicyclic) bond motifs is 1. The van der Waals surface area contributed by atoms with Gasteiger partial charge < -0.3 is 4.74 Å². The summed E-state index contributed by atoms with van der Waals surface area (Å²) in [5.41, 5.74) is -0.0104. The van der Waals surface area contributed by atoms with Gasteiger partial charge in [-0.1, -0.05) is 30.3 Å². The van der Waals surface area contributed by atoms with E-state index < -0.39 is 17.3 Å². The second-order valence-electron chi connectivity index (χ2n) is 7.36. The van der Waals surface area contributed by atoms with E-state index >= 15 is 0 Å². The van der Waals surface area contributed by atoms with Crippen LogP contribution in [0.15, 0.2) is 48.5 Å². The largest absolute Gasteiger partial charge is 0.486 e. The van der Waals surface area contributed by atoms with Crippen molar-refractivity contribution in [2.75, 3.05) is 13.1 Å². The lowest BCUT2D eigenvalue weighted by Gasteiger charge is -2.44. The molecule has 0 N–H and O–H groups in total. The number of hydrogen-bond donors (Lipinski definition) is 0. The molecule has 0 amide bonds. The first-order valence-electron chi connectivity index (χ1n) is 9.04. The molecule has 0 bridgehead atoms. The molecule has 0 aromatic heterocycles. The van der Waals surface area contributed by atoms with Crippen molar-refractivity contribution in [1.82, 2.24) is 4.90 Å². The zero-order valence-electron chi connectivity index (χ0n) is 14.8. The number of likely N-dealkylation sites (tertiary alicyclic amines) is 1. The lowest BCUT2D eigenvalue weighted by atomic mass is 9.82. The van der Waals surface area contributed by atoms with Crippen LogP contribution in [0, 0.1) is 0 Å². The van der Waals surface area contributed by atoms with Crippen molar-refractivity contribution in [3.63, 3.8) is 0 Å². The molecule has 2 heterocycles. The number of nitrogens with zero attached hydrogens (tertiary/aromatic N) is 1. The Labute approximate surface area is 155 Å². The Balaban J connectivity index is 1.49. The predicted molar refractivity (Wildman–Crippen MR) is 94.7 cm³/mol. The third kappa shape index (κ3) is 3.72. The standard InChI is InChI=1S/C21H20F3NO2/c22-21(23,24)16-6-7-17-18(26)13-20(27-19(17)12-16)8-10-25(11-9-20)14-15-4-2-1-3-5-15/h1-7,12H,8-11,13-14H2. The van der Waals surface area contributed by atoms with Gasteiger partial charge in [-0.25, -0.2) is 0 Å². The fraction of sp³-hybridized carbons (Fsp3) is 0.381. The molecule has 1 saturated heterocycles. The first-order valence-corrected chi connectivity index (χ1v) is 9.04. The summed E-state index contributed by atoms with van der Waals surface area (Å²) in [4.78, 5) is 14.8. The predicted octanol–water partition coefficient (Wildman–Crippen LogP) is 4.71. The maximum absolute atomic E-state index is 13.0. The molecule has 2 aliphatic heterocycles. The van der Waals surface area contributed by atoms with Crippen LogP contribution in [0.3, 0.4) is 0 Å². The van der Waals surface area contributed by atoms with Crippen molar-refractivity contribution >= 4 is 5.78 Å². The fourth-order valence-corrected chi connectivity index (χ4v) is 3.91. The molecule has 2 aromatic carbocycles. The van der Waals surface area contributed by atoms with E-state index in [2.05, 4.69) is 17.0 Å². The van der Waals surface area contributed by atoms with Crippen LogP contribution in [0.2, 0.25) is 0 Å². The van der Waals surface area contributed by atoms with Gasteiger partial charge in [0, 0.05) is 32.5 Å². The van der Waals surface area contributed by atoms with Gasteiger partial charge in [0.05, 0.1) is 17.5 Å². The van der Waals surface area contributed by atoms with E-state index in [0.29, 0.717) is 12.8 Å². The number of benzene rings is 2. The summed E-state index contributed by atoms with van der Waals surface area (Å²) >= 11 is 0. The van der Waals surface area contributed by atoms with Crippen LogP contribution in [0.1, 0.15) is 40.7 Å². The van der Waals surface area contributed by atoms with E-state index in [9.17, 15) is 18.0 Å². The van der Waals surface area contributed by atoms with Crippen LogP contribution >= 0.6 is 0 Å². The van der Waals surface area contributed by atoms with E-state index in [4.69, 9.17) is 4.74 Å². The first kappa shape index (κ1) is 18.0. The number of alkyl halides is 3. The van der Waals surface area contributed by atoms with Gasteiger partial charge in [-0.05, 0) is 23.8 Å². The molecule has 0 unspecified atom stereocenters. The molecule has 1 spiro atoms. The minimum absolute atomic E-state index is 0.0672. The second-order valence-corrected chi connectivity index (χ2v) is 7.36. The quantitative estimate of drug-likeness (QED) is 0.762. The van der Waals surface area contributed by atoms with Gasteiger partial charge in [-0.2, -0.15) is 13.2 Å². The Morgan fingerprint density at radius 2 is 1.74 bits per heavy atom. The van der Waals surface area contributed by atoms with Crippen molar-refractivity contribution in [2.45, 2.75) is 37.6 Å². The normalized spacial score (nSPS) is 19.6. The molecule has 2 aromatic rings. The number of rotatable bonds is 2. The number of ether oxygens (including phenoxy) is 1. The molecule has 6 heteroatoms. The summed E-state index contributed by atoms with van der Waals surface area (Å²) in [5.74, 6) is -0.0703. The van der Waals surface area contributed by atoms with Crippen LogP contribution in [0.25, 0.3) is 0 Å². The number of piperidine rings is 1. The van der Waals surface area contributed by atoms with Crippen molar-refractivity contribution in [1.29, 1.82) is 0 Å². The van der Waals surface area contributed by atoms with Gasteiger partial charge in [-0.15, -0.1) is 0 Å². The lowest BCUT2D eigenvalue weighted by Crippen LogP contribution is -2.50. The molecule has 4 rings (SSSR count). The monoisotopic (exact) mass is 375 g/mol. The van der Waals surface area contributed by atoms with Gasteiger partial charge in [-0.3, -0.25) is 9.69 Å². The highest BCUT2D eigenvalue weighted by Crippen LogP contribution is 2.42. The van der Waals surface area contributed by atoms with Crippen molar-refractivity contribution in [3.05, 3.63) is 65.2 Å².